The van der Waals surface area contributed by atoms with Gasteiger partial charge in [0.15, 0.2) is 0 Å². The maximum Gasteiger partial charge on any atom is 0.295 e. The molecule has 0 saturated carbocycles. The van der Waals surface area contributed by atoms with Gasteiger partial charge in [0.1, 0.15) is 0 Å². The Hall–Kier alpha value is -1.69. The van der Waals surface area contributed by atoms with Crippen LogP contribution < -0.4 is 5.32 Å². The molecule has 1 saturated heterocycles. The second-order valence-corrected chi connectivity index (χ2v) is 4.95. The molecule has 6 nitrogen and oxygen atoms in total. The second kappa shape index (κ2) is 5.97. The van der Waals surface area contributed by atoms with Crippen molar-refractivity contribution in [2.75, 3.05) is 13.1 Å². The highest BCUT2D eigenvalue weighted by atomic mass is 16.5. The smallest absolute Gasteiger partial charge is 0.295 e. The van der Waals surface area contributed by atoms with Crippen LogP contribution in [-0.2, 0) is 0 Å². The summed E-state index contributed by atoms with van der Waals surface area (Å²) in [6.45, 7) is 8.97. The molecule has 0 bridgehead atoms. The molecule has 0 radical (unpaired) electrons. The van der Waals surface area contributed by atoms with Crippen LogP contribution >= 0.6 is 0 Å². The van der Waals surface area contributed by atoms with Crippen LogP contribution in [0.4, 0.5) is 0 Å². The number of hydrogen-bond donors (Lipinski definition) is 1. The molecule has 6 heteroatoms. The summed E-state index contributed by atoms with van der Waals surface area (Å²) in [6, 6.07) is 0.151. The lowest BCUT2D eigenvalue weighted by Gasteiger charge is -2.23. The minimum Gasteiger partial charge on any atom is -0.337 e. The molecule has 19 heavy (non-hydrogen) atoms. The van der Waals surface area contributed by atoms with Gasteiger partial charge in [-0.25, -0.2) is 0 Å². The van der Waals surface area contributed by atoms with Gasteiger partial charge >= 0.3 is 0 Å². The van der Waals surface area contributed by atoms with Gasteiger partial charge in [0.25, 0.3) is 11.7 Å². The van der Waals surface area contributed by atoms with Crippen LogP contribution in [0.25, 0.3) is 0 Å². The van der Waals surface area contributed by atoms with Gasteiger partial charge in [-0.05, 0) is 33.2 Å². The first-order valence-corrected chi connectivity index (χ1v) is 6.62. The third-order valence-corrected chi connectivity index (χ3v) is 3.20. The average Bonchev–Trinajstić information content (AvgIpc) is 3.03. The zero-order valence-electron chi connectivity index (χ0n) is 11.4. The minimum absolute atomic E-state index is 0.0667. The van der Waals surface area contributed by atoms with E-state index in [4.69, 9.17) is 4.52 Å². The van der Waals surface area contributed by atoms with Crippen molar-refractivity contribution in [3.8, 4) is 0 Å². The van der Waals surface area contributed by atoms with Crippen molar-refractivity contribution in [2.24, 2.45) is 0 Å². The fraction of sp³-hybridized carbons (Fsp3) is 0.615. The van der Waals surface area contributed by atoms with Crippen molar-refractivity contribution in [3.63, 3.8) is 0 Å². The first kappa shape index (κ1) is 13.7. The van der Waals surface area contributed by atoms with Gasteiger partial charge < -0.3 is 14.7 Å². The van der Waals surface area contributed by atoms with E-state index in [0.717, 1.165) is 19.4 Å². The lowest BCUT2D eigenvalue weighted by molar-refractivity contribution is 0.0713. The predicted molar refractivity (Wildman–Crippen MR) is 70.6 cm³/mol. The zero-order valence-corrected chi connectivity index (χ0v) is 11.4. The van der Waals surface area contributed by atoms with Crippen LogP contribution in [0.5, 0.6) is 0 Å². The third kappa shape index (κ3) is 3.01. The molecule has 2 rings (SSSR count). The van der Waals surface area contributed by atoms with Gasteiger partial charge in [-0.15, -0.1) is 6.58 Å². The molecule has 1 N–H and O–H groups in total. The first-order chi connectivity index (χ1) is 9.13. The molecule has 1 aliphatic rings. The summed E-state index contributed by atoms with van der Waals surface area (Å²) in [4.78, 5) is 18.1. The van der Waals surface area contributed by atoms with Crippen molar-refractivity contribution in [3.05, 3.63) is 24.4 Å². The summed E-state index contributed by atoms with van der Waals surface area (Å²) in [5, 5.41) is 7.06. The highest BCUT2D eigenvalue weighted by Crippen LogP contribution is 2.21. The molecule has 1 atom stereocenters. The van der Waals surface area contributed by atoms with Crippen molar-refractivity contribution in [1.29, 1.82) is 0 Å². The fourth-order valence-electron chi connectivity index (χ4n) is 2.15. The molecule has 1 aromatic rings. The van der Waals surface area contributed by atoms with Gasteiger partial charge in [0.2, 0.25) is 5.89 Å². The highest BCUT2D eigenvalue weighted by molar-refractivity contribution is 5.90. The van der Waals surface area contributed by atoms with E-state index >= 15 is 0 Å². The van der Waals surface area contributed by atoms with Crippen LogP contribution in [-0.4, -0.2) is 40.1 Å². The molecule has 1 unspecified atom stereocenters. The standard InChI is InChI=1S/C13H20N4O2/c1-4-8-17(9(2)3)13(18)11-15-12(19-16-11)10-6-5-7-14-10/h4,9-10,14H,1,5-8H2,2-3H3. The van der Waals surface area contributed by atoms with Gasteiger partial charge in [0, 0.05) is 12.6 Å². The van der Waals surface area contributed by atoms with Crippen LogP contribution in [0.1, 0.15) is 49.2 Å². The van der Waals surface area contributed by atoms with Crippen LogP contribution in [0.3, 0.4) is 0 Å². The topological polar surface area (TPSA) is 71.3 Å². The molecule has 1 fully saturated rings. The first-order valence-electron chi connectivity index (χ1n) is 6.62. The highest BCUT2D eigenvalue weighted by Gasteiger charge is 2.27. The third-order valence-electron chi connectivity index (χ3n) is 3.20. The van der Waals surface area contributed by atoms with Gasteiger partial charge in [-0.3, -0.25) is 4.79 Å². The zero-order chi connectivity index (χ0) is 13.8. The molecule has 104 valence electrons. The summed E-state index contributed by atoms with van der Waals surface area (Å²) in [5.74, 6) is 0.408. The Labute approximate surface area is 112 Å². The maximum absolute atomic E-state index is 12.3. The number of carbonyl (C=O) groups is 1. The van der Waals surface area contributed by atoms with Crippen LogP contribution in [0.2, 0.25) is 0 Å². The molecule has 2 heterocycles. The molecule has 0 aromatic carbocycles. The van der Waals surface area contributed by atoms with E-state index in [0.29, 0.717) is 12.4 Å². The number of nitrogens with zero attached hydrogens (tertiary/aromatic N) is 3. The molecule has 1 amide bonds. The lowest BCUT2D eigenvalue weighted by atomic mass is 10.2. The van der Waals surface area contributed by atoms with E-state index < -0.39 is 0 Å². The molecule has 1 aromatic heterocycles. The molecule has 1 aliphatic heterocycles. The maximum atomic E-state index is 12.3. The van der Waals surface area contributed by atoms with Crippen molar-refractivity contribution in [1.82, 2.24) is 20.4 Å². The monoisotopic (exact) mass is 264 g/mol. The van der Waals surface area contributed by atoms with E-state index in [1.807, 2.05) is 13.8 Å². The quantitative estimate of drug-likeness (QED) is 0.817. The fourth-order valence-corrected chi connectivity index (χ4v) is 2.15. The Balaban J connectivity index is 2.12. The Morgan fingerprint density at radius 1 is 1.68 bits per heavy atom. The molecule has 0 aliphatic carbocycles. The summed E-state index contributed by atoms with van der Waals surface area (Å²) < 4.78 is 5.18. The van der Waals surface area contributed by atoms with Crippen molar-refractivity contribution >= 4 is 5.91 Å². The van der Waals surface area contributed by atoms with E-state index in [9.17, 15) is 4.79 Å². The van der Waals surface area contributed by atoms with Gasteiger partial charge in [-0.2, -0.15) is 4.98 Å². The Morgan fingerprint density at radius 2 is 2.47 bits per heavy atom. The van der Waals surface area contributed by atoms with Crippen LogP contribution in [0, 0.1) is 0 Å². The summed E-state index contributed by atoms with van der Waals surface area (Å²) in [5.41, 5.74) is 0. The average molecular weight is 264 g/mol. The van der Waals surface area contributed by atoms with Crippen molar-refractivity contribution in [2.45, 2.75) is 38.8 Å². The number of carbonyl (C=O) groups excluding carboxylic acids is 1. The summed E-state index contributed by atoms with van der Waals surface area (Å²) in [6.07, 6.45) is 3.75. The number of hydrogen-bond acceptors (Lipinski definition) is 5. The lowest BCUT2D eigenvalue weighted by Crippen LogP contribution is -2.37. The van der Waals surface area contributed by atoms with E-state index in [-0.39, 0.29) is 23.8 Å². The second-order valence-electron chi connectivity index (χ2n) is 4.95. The Bertz CT molecular complexity index is 449. The summed E-state index contributed by atoms with van der Waals surface area (Å²) in [7, 11) is 0. The SMILES string of the molecule is C=CCN(C(=O)c1noc(C2CCCN2)n1)C(C)C. The van der Waals surface area contributed by atoms with E-state index in [1.54, 1.807) is 11.0 Å². The number of aromatic nitrogens is 2. The number of rotatable bonds is 5. The normalized spacial score (nSPS) is 18.8. The van der Waals surface area contributed by atoms with E-state index in [2.05, 4.69) is 22.0 Å². The molecular weight excluding hydrogens is 244 g/mol. The Morgan fingerprint density at radius 3 is 3.05 bits per heavy atom. The Kier molecular flexibility index (Phi) is 4.31. The number of nitrogens with one attached hydrogen (secondary N) is 1. The largest absolute Gasteiger partial charge is 0.337 e. The summed E-state index contributed by atoms with van der Waals surface area (Å²) >= 11 is 0. The minimum atomic E-state index is -0.220. The number of amides is 1. The van der Waals surface area contributed by atoms with Gasteiger partial charge in [0.05, 0.1) is 6.04 Å². The molecular formula is C13H20N4O2. The van der Waals surface area contributed by atoms with Crippen molar-refractivity contribution < 1.29 is 9.32 Å². The van der Waals surface area contributed by atoms with Crippen LogP contribution in [0.15, 0.2) is 17.2 Å². The predicted octanol–water partition coefficient (Wildman–Crippen LogP) is 1.53. The van der Waals surface area contributed by atoms with Gasteiger partial charge in [-0.1, -0.05) is 11.2 Å². The van der Waals surface area contributed by atoms with E-state index in [1.165, 1.54) is 0 Å². The molecule has 0 spiro atoms.